The highest BCUT2D eigenvalue weighted by atomic mass is 19.1. The molecule has 16 heavy (non-hydrogen) atoms. The Morgan fingerprint density at radius 3 is 2.69 bits per heavy atom. The van der Waals surface area contributed by atoms with Gasteiger partial charge < -0.3 is 5.73 Å². The standard InChI is InChI=1S/C13H19FN2/c1-2-10-3-5-13(15,6-4-10)11-7-12(14)9-16-8-11/h7-10H,2-6,15H2,1H3. The van der Waals surface area contributed by atoms with E-state index in [1.165, 1.54) is 18.7 Å². The van der Waals surface area contributed by atoms with Gasteiger partial charge in [0.15, 0.2) is 0 Å². The molecule has 1 aromatic rings. The molecule has 88 valence electrons. The molecule has 0 aromatic carbocycles. The molecular formula is C13H19FN2. The molecule has 3 heteroatoms. The summed E-state index contributed by atoms with van der Waals surface area (Å²) in [5.41, 5.74) is 6.85. The van der Waals surface area contributed by atoms with E-state index in [4.69, 9.17) is 5.73 Å². The van der Waals surface area contributed by atoms with Crippen molar-refractivity contribution in [2.75, 3.05) is 0 Å². The Morgan fingerprint density at radius 1 is 1.44 bits per heavy atom. The zero-order chi connectivity index (χ0) is 11.6. The molecular weight excluding hydrogens is 203 g/mol. The predicted molar refractivity (Wildman–Crippen MR) is 62.3 cm³/mol. The number of pyridine rings is 1. The highest BCUT2D eigenvalue weighted by Gasteiger charge is 2.33. The number of rotatable bonds is 2. The van der Waals surface area contributed by atoms with Gasteiger partial charge in [-0.25, -0.2) is 4.39 Å². The second-order valence-electron chi connectivity index (χ2n) is 4.90. The van der Waals surface area contributed by atoms with Crippen molar-refractivity contribution in [3.05, 3.63) is 29.8 Å². The second kappa shape index (κ2) is 4.50. The Balaban J connectivity index is 2.15. The Labute approximate surface area is 96.1 Å². The van der Waals surface area contributed by atoms with E-state index in [0.29, 0.717) is 0 Å². The maximum atomic E-state index is 13.1. The number of hydrogen-bond donors (Lipinski definition) is 1. The van der Waals surface area contributed by atoms with Crippen molar-refractivity contribution >= 4 is 0 Å². The fraction of sp³-hybridized carbons (Fsp3) is 0.615. The summed E-state index contributed by atoms with van der Waals surface area (Å²) in [6, 6.07) is 1.53. The van der Waals surface area contributed by atoms with Gasteiger partial charge in [0.25, 0.3) is 0 Å². The molecule has 0 unspecified atom stereocenters. The zero-order valence-corrected chi connectivity index (χ0v) is 9.75. The van der Waals surface area contributed by atoms with Gasteiger partial charge in [0, 0.05) is 11.7 Å². The van der Waals surface area contributed by atoms with E-state index in [1.54, 1.807) is 6.20 Å². The lowest BCUT2D eigenvalue weighted by Crippen LogP contribution is -2.40. The summed E-state index contributed by atoms with van der Waals surface area (Å²) < 4.78 is 13.1. The molecule has 0 spiro atoms. The van der Waals surface area contributed by atoms with Gasteiger partial charge in [0.2, 0.25) is 0 Å². The Bertz CT molecular complexity index is 357. The van der Waals surface area contributed by atoms with Crippen molar-refractivity contribution < 1.29 is 4.39 Å². The van der Waals surface area contributed by atoms with Gasteiger partial charge in [-0.2, -0.15) is 0 Å². The first-order chi connectivity index (χ1) is 7.64. The van der Waals surface area contributed by atoms with Gasteiger partial charge in [-0.3, -0.25) is 4.98 Å². The van der Waals surface area contributed by atoms with Crippen LogP contribution in [0.25, 0.3) is 0 Å². The SMILES string of the molecule is CCC1CCC(N)(c2cncc(F)c2)CC1. The molecule has 1 aromatic heterocycles. The van der Waals surface area contributed by atoms with Crippen LogP contribution in [0.15, 0.2) is 18.5 Å². The second-order valence-corrected chi connectivity index (χ2v) is 4.90. The minimum absolute atomic E-state index is 0.292. The van der Waals surface area contributed by atoms with E-state index < -0.39 is 0 Å². The van der Waals surface area contributed by atoms with Crippen molar-refractivity contribution in [2.45, 2.75) is 44.6 Å². The summed E-state index contributed by atoms with van der Waals surface area (Å²) in [7, 11) is 0. The molecule has 1 saturated carbocycles. The normalized spacial score (nSPS) is 30.3. The van der Waals surface area contributed by atoms with Crippen molar-refractivity contribution in [2.24, 2.45) is 11.7 Å². The maximum Gasteiger partial charge on any atom is 0.141 e. The zero-order valence-electron chi connectivity index (χ0n) is 9.75. The van der Waals surface area contributed by atoms with E-state index in [1.807, 2.05) is 0 Å². The molecule has 0 saturated heterocycles. The minimum atomic E-state index is -0.360. The number of nitrogens with zero attached hydrogens (tertiary/aromatic N) is 1. The molecule has 1 fully saturated rings. The summed E-state index contributed by atoms with van der Waals surface area (Å²) in [6.45, 7) is 2.22. The Morgan fingerprint density at radius 2 is 2.12 bits per heavy atom. The molecule has 1 aliphatic rings. The van der Waals surface area contributed by atoms with Crippen LogP contribution < -0.4 is 5.73 Å². The summed E-state index contributed by atoms with van der Waals surface area (Å²) in [6.07, 6.45) is 8.32. The minimum Gasteiger partial charge on any atom is -0.321 e. The topological polar surface area (TPSA) is 38.9 Å². The van der Waals surface area contributed by atoms with Gasteiger partial charge >= 0.3 is 0 Å². The lowest BCUT2D eigenvalue weighted by Gasteiger charge is -2.37. The molecule has 2 nitrogen and oxygen atoms in total. The van der Waals surface area contributed by atoms with Crippen LogP contribution in [0.5, 0.6) is 0 Å². The van der Waals surface area contributed by atoms with E-state index in [9.17, 15) is 4.39 Å². The number of hydrogen-bond acceptors (Lipinski definition) is 2. The van der Waals surface area contributed by atoms with Crippen molar-refractivity contribution in [3.8, 4) is 0 Å². The monoisotopic (exact) mass is 222 g/mol. The van der Waals surface area contributed by atoms with Crippen molar-refractivity contribution in [1.29, 1.82) is 0 Å². The van der Waals surface area contributed by atoms with Crippen LogP contribution in [0.1, 0.15) is 44.6 Å². The van der Waals surface area contributed by atoms with E-state index >= 15 is 0 Å². The van der Waals surface area contributed by atoms with Crippen LogP contribution in [-0.2, 0) is 5.54 Å². The first-order valence-electron chi connectivity index (χ1n) is 6.04. The fourth-order valence-corrected chi connectivity index (χ4v) is 2.57. The van der Waals surface area contributed by atoms with Crippen LogP contribution in [0.4, 0.5) is 4.39 Å². The molecule has 0 atom stereocenters. The third-order valence-electron chi connectivity index (χ3n) is 3.85. The summed E-state index contributed by atoms with van der Waals surface area (Å²) in [5.74, 6) is 0.498. The average molecular weight is 222 g/mol. The van der Waals surface area contributed by atoms with E-state index in [0.717, 1.165) is 37.2 Å². The number of halogens is 1. The largest absolute Gasteiger partial charge is 0.321 e. The summed E-state index contributed by atoms with van der Waals surface area (Å²) >= 11 is 0. The molecule has 0 amide bonds. The first-order valence-corrected chi connectivity index (χ1v) is 6.04. The lowest BCUT2D eigenvalue weighted by atomic mass is 9.73. The van der Waals surface area contributed by atoms with Crippen LogP contribution in [0, 0.1) is 11.7 Å². The number of nitrogens with two attached hydrogens (primary N) is 1. The first kappa shape index (κ1) is 11.5. The van der Waals surface area contributed by atoms with Gasteiger partial charge in [-0.15, -0.1) is 0 Å². The number of aromatic nitrogens is 1. The van der Waals surface area contributed by atoms with Crippen molar-refractivity contribution in [3.63, 3.8) is 0 Å². The molecule has 1 heterocycles. The molecule has 1 aliphatic carbocycles. The molecule has 0 bridgehead atoms. The quantitative estimate of drug-likeness (QED) is 0.835. The third-order valence-corrected chi connectivity index (χ3v) is 3.85. The highest BCUT2D eigenvalue weighted by Crippen LogP contribution is 2.38. The highest BCUT2D eigenvalue weighted by molar-refractivity contribution is 5.21. The molecule has 2 rings (SSSR count). The van der Waals surface area contributed by atoms with Crippen molar-refractivity contribution in [1.82, 2.24) is 4.98 Å². The maximum absolute atomic E-state index is 13.1. The van der Waals surface area contributed by atoms with E-state index in [2.05, 4.69) is 11.9 Å². The van der Waals surface area contributed by atoms with Crippen LogP contribution in [0.3, 0.4) is 0 Å². The van der Waals surface area contributed by atoms with Crippen LogP contribution in [-0.4, -0.2) is 4.98 Å². The predicted octanol–water partition coefficient (Wildman–Crippen LogP) is 2.97. The van der Waals surface area contributed by atoms with E-state index in [-0.39, 0.29) is 11.4 Å². The third kappa shape index (κ3) is 2.24. The van der Waals surface area contributed by atoms with Gasteiger partial charge in [-0.1, -0.05) is 13.3 Å². The fourth-order valence-electron chi connectivity index (χ4n) is 2.57. The molecule has 0 radical (unpaired) electrons. The molecule has 0 aliphatic heterocycles. The van der Waals surface area contributed by atoms with Crippen LogP contribution >= 0.6 is 0 Å². The van der Waals surface area contributed by atoms with Crippen LogP contribution in [0.2, 0.25) is 0 Å². The lowest BCUT2D eigenvalue weighted by molar-refractivity contribution is 0.231. The summed E-state index contributed by atoms with van der Waals surface area (Å²) in [5, 5.41) is 0. The molecule has 2 N–H and O–H groups in total. The Kier molecular flexibility index (Phi) is 3.24. The van der Waals surface area contributed by atoms with Gasteiger partial charge in [0.1, 0.15) is 5.82 Å². The van der Waals surface area contributed by atoms with Gasteiger partial charge in [0.05, 0.1) is 6.20 Å². The van der Waals surface area contributed by atoms with Gasteiger partial charge in [-0.05, 0) is 43.2 Å². The average Bonchev–Trinajstić information content (AvgIpc) is 2.30. The smallest absolute Gasteiger partial charge is 0.141 e. The summed E-state index contributed by atoms with van der Waals surface area (Å²) in [4.78, 5) is 3.89. The Hall–Kier alpha value is -0.960.